The fourth-order valence-corrected chi connectivity index (χ4v) is 3.81. The Kier molecular flexibility index (Phi) is 5.20. The lowest BCUT2D eigenvalue weighted by Crippen LogP contribution is -2.38. The first kappa shape index (κ1) is 19.0. The van der Waals surface area contributed by atoms with Crippen LogP contribution in [0.25, 0.3) is 0 Å². The van der Waals surface area contributed by atoms with E-state index in [4.69, 9.17) is 4.74 Å². The van der Waals surface area contributed by atoms with Crippen molar-refractivity contribution < 1.29 is 14.3 Å². The molecule has 0 bridgehead atoms. The minimum Gasteiger partial charge on any atom is -0.495 e. The molecule has 0 spiro atoms. The van der Waals surface area contributed by atoms with Crippen LogP contribution in [0.15, 0.2) is 29.1 Å². The van der Waals surface area contributed by atoms with Crippen LogP contribution in [0.4, 0.5) is 17.5 Å². The normalized spacial score (nSPS) is 18.6. The first-order valence-electron chi connectivity index (χ1n) is 9.69. The van der Waals surface area contributed by atoms with Crippen molar-refractivity contribution in [1.82, 2.24) is 9.97 Å². The Morgan fingerprint density at radius 1 is 1.21 bits per heavy atom. The van der Waals surface area contributed by atoms with Gasteiger partial charge in [-0.15, -0.1) is 0 Å². The third-order valence-electron chi connectivity index (χ3n) is 5.28. The van der Waals surface area contributed by atoms with Crippen LogP contribution in [0.3, 0.4) is 0 Å². The Morgan fingerprint density at radius 2 is 1.97 bits per heavy atom. The average molecular weight is 397 g/mol. The summed E-state index contributed by atoms with van der Waals surface area (Å²) in [5, 5.41) is 5.41. The fourth-order valence-electron chi connectivity index (χ4n) is 3.81. The SMILES string of the molecule is COc1ccccc1NC(=O)[C@@H]1CC(=O)Nc2nc(N3CCCCC3)[nH]c(=O)c21. The highest BCUT2D eigenvalue weighted by molar-refractivity contribution is 6.04. The van der Waals surface area contributed by atoms with Crippen LogP contribution in [0.1, 0.15) is 37.2 Å². The van der Waals surface area contributed by atoms with E-state index in [2.05, 4.69) is 20.6 Å². The molecule has 152 valence electrons. The molecule has 1 fully saturated rings. The van der Waals surface area contributed by atoms with E-state index < -0.39 is 17.4 Å². The van der Waals surface area contributed by atoms with Crippen LogP contribution in [0, 0.1) is 0 Å². The van der Waals surface area contributed by atoms with Crippen molar-refractivity contribution in [2.45, 2.75) is 31.6 Å². The number of carbonyl (C=O) groups excluding carboxylic acids is 2. The third-order valence-corrected chi connectivity index (χ3v) is 5.28. The van der Waals surface area contributed by atoms with Crippen molar-refractivity contribution in [1.29, 1.82) is 0 Å². The molecule has 3 N–H and O–H groups in total. The van der Waals surface area contributed by atoms with Gasteiger partial charge >= 0.3 is 0 Å². The number of anilines is 3. The predicted octanol–water partition coefficient (Wildman–Crippen LogP) is 1.83. The molecule has 4 rings (SSSR count). The number of carbonyl (C=O) groups is 2. The number of nitrogens with one attached hydrogen (secondary N) is 3. The lowest BCUT2D eigenvalue weighted by atomic mass is 9.92. The van der Waals surface area contributed by atoms with E-state index in [1.807, 2.05) is 4.90 Å². The molecule has 3 heterocycles. The van der Waals surface area contributed by atoms with E-state index in [0.717, 1.165) is 32.4 Å². The van der Waals surface area contributed by atoms with Crippen molar-refractivity contribution >= 4 is 29.3 Å². The van der Waals surface area contributed by atoms with Gasteiger partial charge in [0, 0.05) is 19.5 Å². The molecule has 2 aromatic rings. The summed E-state index contributed by atoms with van der Waals surface area (Å²) in [5.41, 5.74) is 0.246. The van der Waals surface area contributed by atoms with Gasteiger partial charge in [0.25, 0.3) is 5.56 Å². The van der Waals surface area contributed by atoms with Gasteiger partial charge in [-0.2, -0.15) is 4.98 Å². The van der Waals surface area contributed by atoms with Crippen molar-refractivity contribution in [2.24, 2.45) is 0 Å². The highest BCUT2D eigenvalue weighted by Gasteiger charge is 2.35. The maximum absolute atomic E-state index is 12.9. The molecule has 0 saturated carbocycles. The Hall–Kier alpha value is -3.36. The lowest BCUT2D eigenvalue weighted by Gasteiger charge is -2.29. The number of aromatic nitrogens is 2. The largest absolute Gasteiger partial charge is 0.495 e. The highest BCUT2D eigenvalue weighted by Crippen LogP contribution is 2.32. The number of hydrogen-bond acceptors (Lipinski definition) is 6. The number of nitrogens with zero attached hydrogens (tertiary/aromatic N) is 2. The molecule has 9 nitrogen and oxygen atoms in total. The molecule has 1 atom stereocenters. The zero-order valence-electron chi connectivity index (χ0n) is 16.2. The van der Waals surface area contributed by atoms with Gasteiger partial charge in [0.1, 0.15) is 11.6 Å². The van der Waals surface area contributed by atoms with Crippen LogP contribution >= 0.6 is 0 Å². The van der Waals surface area contributed by atoms with Gasteiger partial charge in [-0.25, -0.2) is 0 Å². The summed E-state index contributed by atoms with van der Waals surface area (Å²) < 4.78 is 5.25. The summed E-state index contributed by atoms with van der Waals surface area (Å²) in [4.78, 5) is 47.3. The van der Waals surface area contributed by atoms with Crippen molar-refractivity contribution in [2.75, 3.05) is 35.7 Å². The molecule has 1 aromatic heterocycles. The number of rotatable bonds is 4. The molecule has 0 unspecified atom stereocenters. The third kappa shape index (κ3) is 3.80. The Morgan fingerprint density at radius 3 is 2.72 bits per heavy atom. The highest BCUT2D eigenvalue weighted by atomic mass is 16.5. The minimum atomic E-state index is -0.935. The second kappa shape index (κ2) is 7.94. The van der Waals surface area contributed by atoms with Gasteiger partial charge in [-0.1, -0.05) is 12.1 Å². The molecule has 2 amide bonds. The quantitative estimate of drug-likeness (QED) is 0.725. The zero-order valence-corrected chi connectivity index (χ0v) is 16.2. The number of ether oxygens (including phenoxy) is 1. The molecule has 1 aromatic carbocycles. The van der Waals surface area contributed by atoms with E-state index >= 15 is 0 Å². The first-order valence-corrected chi connectivity index (χ1v) is 9.69. The summed E-state index contributed by atoms with van der Waals surface area (Å²) in [6, 6.07) is 6.96. The number of aromatic amines is 1. The summed E-state index contributed by atoms with van der Waals surface area (Å²) >= 11 is 0. The lowest BCUT2D eigenvalue weighted by molar-refractivity contribution is -0.123. The van der Waals surface area contributed by atoms with Gasteiger partial charge in [-0.05, 0) is 31.4 Å². The van der Waals surface area contributed by atoms with Gasteiger partial charge in [0.2, 0.25) is 17.8 Å². The Labute approximate surface area is 167 Å². The topological polar surface area (TPSA) is 116 Å². The molecule has 1 saturated heterocycles. The molecule has 0 aliphatic carbocycles. The van der Waals surface area contributed by atoms with E-state index in [9.17, 15) is 14.4 Å². The van der Waals surface area contributed by atoms with Gasteiger partial charge in [0.05, 0.1) is 24.3 Å². The number of methoxy groups -OCH3 is 1. The summed E-state index contributed by atoms with van der Waals surface area (Å²) in [6.07, 6.45) is 3.07. The van der Waals surface area contributed by atoms with Crippen LogP contribution < -0.4 is 25.8 Å². The first-order chi connectivity index (χ1) is 14.1. The second-order valence-electron chi connectivity index (χ2n) is 7.19. The van der Waals surface area contributed by atoms with Crippen molar-refractivity contribution in [3.63, 3.8) is 0 Å². The monoisotopic (exact) mass is 397 g/mol. The van der Waals surface area contributed by atoms with Crippen LogP contribution in [-0.4, -0.2) is 42.0 Å². The van der Waals surface area contributed by atoms with Crippen molar-refractivity contribution in [3.05, 3.63) is 40.2 Å². The standard InChI is InChI=1S/C20H23N5O4/c1-29-14-8-4-3-7-13(14)21-18(27)12-11-15(26)22-17-16(12)19(28)24-20(23-17)25-9-5-2-6-10-25/h3-4,7-8,12H,2,5-6,9-11H2,1H3,(H,21,27)(H2,22,23,24,26,28)/t12-/m1/s1. The summed E-state index contributed by atoms with van der Waals surface area (Å²) in [7, 11) is 1.51. The van der Waals surface area contributed by atoms with Crippen LogP contribution in [0.5, 0.6) is 5.75 Å². The van der Waals surface area contributed by atoms with Gasteiger partial charge in [-0.3, -0.25) is 19.4 Å². The van der Waals surface area contributed by atoms with Crippen molar-refractivity contribution in [3.8, 4) is 5.75 Å². The Bertz CT molecular complexity index is 997. The van der Waals surface area contributed by atoms with E-state index in [0.29, 0.717) is 17.4 Å². The van der Waals surface area contributed by atoms with Gasteiger partial charge < -0.3 is 20.3 Å². The number of fused-ring (bicyclic) bond motifs is 1. The Balaban J connectivity index is 1.65. The number of amides is 2. The molecule has 9 heteroatoms. The van der Waals surface area contributed by atoms with Crippen LogP contribution in [-0.2, 0) is 9.59 Å². The van der Waals surface area contributed by atoms with E-state index in [1.54, 1.807) is 24.3 Å². The number of para-hydroxylation sites is 2. The molecule has 0 radical (unpaired) electrons. The molecular formula is C20H23N5O4. The maximum Gasteiger partial charge on any atom is 0.258 e. The van der Waals surface area contributed by atoms with E-state index in [1.165, 1.54) is 7.11 Å². The predicted molar refractivity (Wildman–Crippen MR) is 109 cm³/mol. The summed E-state index contributed by atoms with van der Waals surface area (Å²) in [5.74, 6) is -0.654. The maximum atomic E-state index is 12.9. The fraction of sp³-hybridized carbons (Fsp3) is 0.400. The number of piperidine rings is 1. The average Bonchev–Trinajstić information content (AvgIpc) is 2.73. The zero-order chi connectivity index (χ0) is 20.4. The molecule has 2 aliphatic heterocycles. The molecule has 2 aliphatic rings. The molecule has 29 heavy (non-hydrogen) atoms. The minimum absolute atomic E-state index is 0.123. The van der Waals surface area contributed by atoms with Gasteiger partial charge in [0.15, 0.2) is 0 Å². The number of H-pyrrole nitrogens is 1. The number of hydrogen-bond donors (Lipinski definition) is 3. The molecular weight excluding hydrogens is 374 g/mol. The van der Waals surface area contributed by atoms with E-state index in [-0.39, 0.29) is 23.7 Å². The second-order valence-corrected chi connectivity index (χ2v) is 7.19. The summed E-state index contributed by atoms with van der Waals surface area (Å²) in [6.45, 7) is 1.60. The van der Waals surface area contributed by atoms with Crippen LogP contribution in [0.2, 0.25) is 0 Å². The smallest absolute Gasteiger partial charge is 0.258 e. The number of benzene rings is 1.